The van der Waals surface area contributed by atoms with E-state index >= 15 is 0 Å². The van der Waals surface area contributed by atoms with Gasteiger partial charge in [0.25, 0.3) is 0 Å². The van der Waals surface area contributed by atoms with Crippen LogP contribution in [0.15, 0.2) is 0 Å². The number of ether oxygens (including phenoxy) is 1. The third-order valence-corrected chi connectivity index (χ3v) is 2.82. The van der Waals surface area contributed by atoms with Gasteiger partial charge in [-0.25, -0.2) is 0 Å². The van der Waals surface area contributed by atoms with E-state index in [4.69, 9.17) is 8.92 Å². The van der Waals surface area contributed by atoms with E-state index in [1.165, 1.54) is 12.0 Å². The molecule has 0 aliphatic rings. The lowest BCUT2D eigenvalue weighted by molar-refractivity contribution is -0.144. The Kier molecular flexibility index (Phi) is 11.8. The van der Waals surface area contributed by atoms with Crippen molar-refractivity contribution < 1.29 is 18.5 Å². The monoisotopic (exact) mass is 280 g/mol. The van der Waals surface area contributed by atoms with Crippen LogP contribution in [0.1, 0.15) is 39.0 Å². The van der Waals surface area contributed by atoms with Crippen molar-refractivity contribution in [2.45, 2.75) is 39.0 Å². The third-order valence-electron chi connectivity index (χ3n) is 1.84. The summed E-state index contributed by atoms with van der Waals surface area (Å²) < 4.78 is 9.80. The minimum absolute atomic E-state index is 0.253. The van der Waals surface area contributed by atoms with E-state index in [1.54, 1.807) is 0 Å². The predicted molar refractivity (Wildman–Crippen MR) is 72.1 cm³/mol. The van der Waals surface area contributed by atoms with Crippen LogP contribution in [0.4, 0.5) is 0 Å². The maximum atomic E-state index is 11.2. The lowest BCUT2D eigenvalue weighted by Gasteiger charge is -2.04. The number of esters is 1. The number of rotatable bonds is 10. The zero-order valence-electron chi connectivity index (χ0n) is 10.1. The molecule has 0 aliphatic heterocycles. The van der Waals surface area contributed by atoms with Crippen molar-refractivity contribution in [3.8, 4) is 0 Å². The number of carbonyl (C=O) groups is 2. The van der Waals surface area contributed by atoms with Gasteiger partial charge in [-0.3, -0.25) is 9.59 Å². The van der Waals surface area contributed by atoms with Gasteiger partial charge in [0.05, 0.1) is 25.1 Å². The molecule has 0 saturated carbocycles. The first kappa shape index (κ1) is 16.6. The van der Waals surface area contributed by atoms with Crippen LogP contribution >= 0.6 is 24.7 Å². The van der Waals surface area contributed by atoms with Gasteiger partial charge in [0.15, 0.2) is 0 Å². The van der Waals surface area contributed by atoms with E-state index in [0.29, 0.717) is 18.6 Å². The molecule has 0 bridgehead atoms. The van der Waals surface area contributed by atoms with Crippen molar-refractivity contribution in [1.82, 2.24) is 0 Å². The van der Waals surface area contributed by atoms with Gasteiger partial charge in [-0.1, -0.05) is 13.3 Å². The highest BCUT2D eigenvalue weighted by Crippen LogP contribution is 2.08. The van der Waals surface area contributed by atoms with Gasteiger partial charge in [-0.15, -0.1) is 0 Å². The fraction of sp³-hybridized carbons (Fsp3) is 0.818. The molecule has 0 heterocycles. The second-order valence-corrected chi connectivity index (χ2v) is 4.69. The molecule has 0 spiro atoms. The highest BCUT2D eigenvalue weighted by Gasteiger charge is 2.05. The summed E-state index contributed by atoms with van der Waals surface area (Å²) in [6.45, 7) is 2.35. The van der Waals surface area contributed by atoms with Crippen LogP contribution in [0.3, 0.4) is 0 Å². The molecule has 4 nitrogen and oxygen atoms in total. The highest BCUT2D eigenvalue weighted by molar-refractivity contribution is 7.95. The maximum absolute atomic E-state index is 11.2. The SMILES string of the molecule is CCCCSOC(=O)CCCOC(=O)CCS. The highest BCUT2D eigenvalue weighted by atomic mass is 32.2. The number of thiol groups is 1. The van der Waals surface area contributed by atoms with E-state index < -0.39 is 0 Å². The maximum Gasteiger partial charge on any atom is 0.317 e. The Balaban J connectivity index is 3.30. The smallest absolute Gasteiger partial charge is 0.317 e. The quantitative estimate of drug-likeness (QED) is 0.288. The summed E-state index contributed by atoms with van der Waals surface area (Å²) >= 11 is 5.11. The van der Waals surface area contributed by atoms with E-state index in [9.17, 15) is 9.59 Å². The Morgan fingerprint density at radius 3 is 2.59 bits per heavy atom. The van der Waals surface area contributed by atoms with E-state index in [2.05, 4.69) is 19.6 Å². The second-order valence-electron chi connectivity index (χ2n) is 3.43. The zero-order chi connectivity index (χ0) is 12.9. The molecule has 0 aromatic rings. The van der Waals surface area contributed by atoms with Crippen molar-refractivity contribution in [1.29, 1.82) is 0 Å². The summed E-state index contributed by atoms with van der Waals surface area (Å²) in [6, 6.07) is 0. The van der Waals surface area contributed by atoms with Crippen molar-refractivity contribution in [3.63, 3.8) is 0 Å². The Morgan fingerprint density at radius 2 is 1.94 bits per heavy atom. The van der Waals surface area contributed by atoms with Crippen LogP contribution in [0.5, 0.6) is 0 Å². The minimum Gasteiger partial charge on any atom is -0.466 e. The fourth-order valence-corrected chi connectivity index (χ4v) is 1.81. The molecule has 0 saturated heterocycles. The number of hydrogen-bond acceptors (Lipinski definition) is 6. The van der Waals surface area contributed by atoms with Crippen LogP contribution in [-0.2, 0) is 18.5 Å². The molecule has 0 aromatic carbocycles. The summed E-state index contributed by atoms with van der Waals surface area (Å²) in [5.41, 5.74) is 0. The topological polar surface area (TPSA) is 52.6 Å². The van der Waals surface area contributed by atoms with Gasteiger partial charge in [0.2, 0.25) is 0 Å². The Morgan fingerprint density at radius 1 is 1.18 bits per heavy atom. The van der Waals surface area contributed by atoms with Gasteiger partial charge in [-0.05, 0) is 12.8 Å². The van der Waals surface area contributed by atoms with Crippen LogP contribution in [-0.4, -0.2) is 30.1 Å². The van der Waals surface area contributed by atoms with Gasteiger partial charge >= 0.3 is 11.9 Å². The molecule has 0 unspecified atom stereocenters. The Labute approximate surface area is 112 Å². The molecule has 0 atom stereocenters. The molecule has 0 fully saturated rings. The van der Waals surface area contributed by atoms with Crippen LogP contribution in [0, 0.1) is 0 Å². The van der Waals surface area contributed by atoms with Crippen LogP contribution in [0.25, 0.3) is 0 Å². The third kappa shape index (κ3) is 11.9. The summed E-state index contributed by atoms with van der Waals surface area (Å²) in [4.78, 5) is 22.1. The Hall–Kier alpha value is -0.360. The largest absolute Gasteiger partial charge is 0.466 e. The van der Waals surface area contributed by atoms with E-state index in [0.717, 1.165) is 18.6 Å². The van der Waals surface area contributed by atoms with Gasteiger partial charge in [-0.2, -0.15) is 12.6 Å². The molecular formula is C11H20O4S2. The van der Waals surface area contributed by atoms with Crippen molar-refractivity contribution in [2.75, 3.05) is 18.1 Å². The summed E-state index contributed by atoms with van der Waals surface area (Å²) in [6.07, 6.45) is 3.23. The molecule has 0 aliphatic carbocycles. The molecule has 0 amide bonds. The number of hydrogen-bond donors (Lipinski definition) is 1. The van der Waals surface area contributed by atoms with Crippen molar-refractivity contribution >= 4 is 36.6 Å². The van der Waals surface area contributed by atoms with Gasteiger partial charge < -0.3 is 8.92 Å². The lowest BCUT2D eigenvalue weighted by Crippen LogP contribution is -2.08. The summed E-state index contributed by atoms with van der Waals surface area (Å²) in [7, 11) is 0. The lowest BCUT2D eigenvalue weighted by atomic mass is 10.3. The Bertz CT molecular complexity index is 222. The molecule has 0 radical (unpaired) electrons. The first-order valence-electron chi connectivity index (χ1n) is 5.79. The molecular weight excluding hydrogens is 260 g/mol. The first-order valence-corrected chi connectivity index (χ1v) is 7.33. The van der Waals surface area contributed by atoms with Crippen LogP contribution in [0.2, 0.25) is 0 Å². The van der Waals surface area contributed by atoms with E-state index in [-0.39, 0.29) is 25.0 Å². The zero-order valence-corrected chi connectivity index (χ0v) is 11.9. The van der Waals surface area contributed by atoms with Crippen molar-refractivity contribution in [3.05, 3.63) is 0 Å². The van der Waals surface area contributed by atoms with Crippen molar-refractivity contribution in [2.24, 2.45) is 0 Å². The second kappa shape index (κ2) is 12.1. The average Bonchev–Trinajstić information content (AvgIpc) is 2.31. The van der Waals surface area contributed by atoms with Crippen LogP contribution < -0.4 is 0 Å². The standard InChI is InChI=1S/C11H20O4S2/c1-2-3-9-17-15-11(13)5-4-7-14-10(12)6-8-16/h16H,2-9H2,1H3. The molecule has 0 aromatic heterocycles. The normalized spacial score (nSPS) is 10.0. The summed E-state index contributed by atoms with van der Waals surface area (Å²) in [5, 5.41) is 0. The molecule has 17 heavy (non-hydrogen) atoms. The average molecular weight is 280 g/mol. The number of carbonyl (C=O) groups excluding carboxylic acids is 2. The first-order chi connectivity index (χ1) is 8.20. The fourth-order valence-electron chi connectivity index (χ4n) is 0.918. The summed E-state index contributed by atoms with van der Waals surface area (Å²) in [5.74, 6) is 0.788. The molecule has 100 valence electrons. The number of unbranched alkanes of at least 4 members (excludes halogenated alkanes) is 1. The molecule has 0 rings (SSSR count). The molecule has 0 N–H and O–H groups in total. The van der Waals surface area contributed by atoms with E-state index in [1.807, 2.05) is 0 Å². The minimum atomic E-state index is -0.273. The van der Waals surface area contributed by atoms with Gasteiger partial charge in [0.1, 0.15) is 0 Å². The van der Waals surface area contributed by atoms with Gasteiger partial charge in [0, 0.05) is 17.9 Å². The molecule has 6 heteroatoms. The predicted octanol–water partition coefficient (Wildman–Crippen LogP) is 2.62.